The number of hydrogen-bond acceptors (Lipinski definition) is 6. The normalized spacial score (nSPS) is 22.3. The van der Waals surface area contributed by atoms with E-state index in [2.05, 4.69) is 34.9 Å². The van der Waals surface area contributed by atoms with Crippen LogP contribution in [0.15, 0.2) is 60.7 Å². The highest BCUT2D eigenvalue weighted by atomic mass is 16.8. The summed E-state index contributed by atoms with van der Waals surface area (Å²) in [7, 11) is 0. The van der Waals surface area contributed by atoms with Gasteiger partial charge in [-0.1, -0.05) is 60.7 Å². The van der Waals surface area contributed by atoms with Crippen molar-refractivity contribution in [1.82, 2.24) is 10.6 Å². The monoisotopic (exact) mass is 428 g/mol. The van der Waals surface area contributed by atoms with Crippen molar-refractivity contribution in [3.05, 3.63) is 71.8 Å². The highest BCUT2D eigenvalue weighted by Gasteiger charge is 2.41. The maximum Gasteiger partial charge on any atom is 0.163 e. The lowest BCUT2D eigenvalue weighted by atomic mass is 10.1. The maximum absolute atomic E-state index is 9.80. The van der Waals surface area contributed by atoms with Gasteiger partial charge in [0.2, 0.25) is 0 Å². The van der Waals surface area contributed by atoms with Gasteiger partial charge in [-0.15, -0.1) is 0 Å². The zero-order valence-electron chi connectivity index (χ0n) is 18.5. The van der Waals surface area contributed by atoms with E-state index in [1.165, 1.54) is 11.1 Å². The molecule has 0 radical (unpaired) electrons. The molecule has 1 heterocycles. The minimum absolute atomic E-state index is 0.0495. The first-order valence-corrected chi connectivity index (χ1v) is 11.1. The summed E-state index contributed by atoms with van der Waals surface area (Å²) in [4.78, 5) is 0. The maximum atomic E-state index is 9.80. The summed E-state index contributed by atoms with van der Waals surface area (Å²) in [6.07, 6.45) is 1.20. The van der Waals surface area contributed by atoms with Crippen molar-refractivity contribution in [2.45, 2.75) is 56.8 Å². The molecule has 1 aliphatic heterocycles. The molecule has 1 saturated heterocycles. The molecule has 0 amide bonds. The lowest BCUT2D eigenvalue weighted by Gasteiger charge is -2.24. The second-order valence-corrected chi connectivity index (χ2v) is 8.67. The summed E-state index contributed by atoms with van der Waals surface area (Å²) in [5.41, 5.74) is 2.37. The van der Waals surface area contributed by atoms with Crippen molar-refractivity contribution >= 4 is 0 Å². The van der Waals surface area contributed by atoms with Gasteiger partial charge in [0.15, 0.2) is 5.79 Å². The molecule has 1 aliphatic rings. The molecule has 6 heteroatoms. The van der Waals surface area contributed by atoms with Crippen LogP contribution in [0.4, 0.5) is 0 Å². The number of aliphatic hydroxyl groups excluding tert-OH is 2. The first kappa shape index (κ1) is 23.9. The Morgan fingerprint density at radius 1 is 0.742 bits per heavy atom. The van der Waals surface area contributed by atoms with Crippen molar-refractivity contribution in [3.8, 4) is 0 Å². The molecule has 31 heavy (non-hydrogen) atoms. The Kier molecular flexibility index (Phi) is 9.02. The number of hydrogen-bond donors (Lipinski definition) is 4. The molecule has 2 aromatic carbocycles. The van der Waals surface area contributed by atoms with Crippen LogP contribution < -0.4 is 10.6 Å². The van der Waals surface area contributed by atoms with Crippen molar-refractivity contribution in [1.29, 1.82) is 0 Å². The van der Waals surface area contributed by atoms with Gasteiger partial charge in [0.05, 0.1) is 13.2 Å². The standard InChI is InChI=1S/C25H36N2O4/c1-25(2)30-23(15-26-21(17-28)13-19-9-5-3-6-10-19)24(31-25)16-27-22(18-29)14-20-11-7-4-8-12-20/h3-12,21-24,26-29H,13-18H2,1-2H3/t21-,22-,23-,24-/m0/s1. The van der Waals surface area contributed by atoms with Crippen molar-refractivity contribution in [2.24, 2.45) is 0 Å². The molecular formula is C25H36N2O4. The number of aliphatic hydroxyl groups is 2. The topological polar surface area (TPSA) is 83.0 Å². The minimum atomic E-state index is -0.666. The Balaban J connectivity index is 1.52. The quantitative estimate of drug-likeness (QED) is 0.413. The van der Waals surface area contributed by atoms with Gasteiger partial charge in [-0.2, -0.15) is 0 Å². The van der Waals surface area contributed by atoms with Gasteiger partial charge in [-0.25, -0.2) is 0 Å². The Morgan fingerprint density at radius 2 is 1.13 bits per heavy atom. The predicted molar refractivity (Wildman–Crippen MR) is 122 cm³/mol. The van der Waals surface area contributed by atoms with Gasteiger partial charge >= 0.3 is 0 Å². The largest absolute Gasteiger partial charge is 0.395 e. The third-order valence-electron chi connectivity index (χ3n) is 5.59. The van der Waals surface area contributed by atoms with E-state index in [0.717, 1.165) is 12.8 Å². The molecule has 3 rings (SSSR count). The van der Waals surface area contributed by atoms with Gasteiger partial charge in [-0.3, -0.25) is 0 Å². The summed E-state index contributed by atoms with van der Waals surface area (Å²) in [6, 6.07) is 20.2. The Morgan fingerprint density at radius 3 is 1.48 bits per heavy atom. The molecule has 0 bridgehead atoms. The first-order valence-electron chi connectivity index (χ1n) is 11.1. The van der Waals surface area contributed by atoms with E-state index in [-0.39, 0.29) is 37.5 Å². The Hall–Kier alpha value is -1.80. The van der Waals surface area contributed by atoms with Gasteiger partial charge in [0.25, 0.3) is 0 Å². The second kappa shape index (κ2) is 11.7. The van der Waals surface area contributed by atoms with Crippen LogP contribution in [0.1, 0.15) is 25.0 Å². The molecule has 2 aromatic rings. The van der Waals surface area contributed by atoms with Crippen molar-refractivity contribution < 1.29 is 19.7 Å². The molecule has 0 unspecified atom stereocenters. The number of benzene rings is 2. The van der Waals surface area contributed by atoms with Gasteiger partial charge < -0.3 is 30.3 Å². The Bertz CT molecular complexity index is 693. The van der Waals surface area contributed by atoms with Crippen molar-refractivity contribution in [3.63, 3.8) is 0 Å². The summed E-state index contributed by atoms with van der Waals surface area (Å²) in [5.74, 6) is -0.666. The zero-order valence-corrected chi connectivity index (χ0v) is 18.5. The summed E-state index contributed by atoms with van der Waals surface area (Å²) in [5, 5.41) is 26.5. The second-order valence-electron chi connectivity index (χ2n) is 8.67. The minimum Gasteiger partial charge on any atom is -0.395 e. The summed E-state index contributed by atoms with van der Waals surface area (Å²) >= 11 is 0. The van der Waals surface area contributed by atoms with Crippen LogP contribution in [0, 0.1) is 0 Å². The van der Waals surface area contributed by atoms with Crippen LogP contribution >= 0.6 is 0 Å². The van der Waals surface area contributed by atoms with E-state index in [4.69, 9.17) is 9.47 Å². The van der Waals surface area contributed by atoms with Gasteiger partial charge in [0.1, 0.15) is 12.2 Å². The van der Waals surface area contributed by atoms with E-state index < -0.39 is 5.79 Å². The molecule has 170 valence electrons. The summed E-state index contributed by atoms with van der Waals surface area (Å²) < 4.78 is 12.2. The van der Waals surface area contributed by atoms with Crippen LogP contribution in [0.5, 0.6) is 0 Å². The lowest BCUT2D eigenvalue weighted by Crippen LogP contribution is -2.47. The van der Waals surface area contributed by atoms with Crippen LogP contribution in [0.25, 0.3) is 0 Å². The highest BCUT2D eigenvalue weighted by Crippen LogP contribution is 2.27. The molecule has 1 fully saturated rings. The molecule has 0 saturated carbocycles. The molecule has 4 atom stereocenters. The average Bonchev–Trinajstić information content (AvgIpc) is 3.08. The molecule has 0 aromatic heterocycles. The zero-order chi connectivity index (χ0) is 22.1. The molecular weight excluding hydrogens is 392 g/mol. The molecule has 6 nitrogen and oxygen atoms in total. The fraction of sp³-hybridized carbons (Fsp3) is 0.520. The number of nitrogens with one attached hydrogen (secondary N) is 2. The van der Waals surface area contributed by atoms with Gasteiger partial charge in [0, 0.05) is 25.2 Å². The van der Waals surface area contributed by atoms with Crippen molar-refractivity contribution in [2.75, 3.05) is 26.3 Å². The fourth-order valence-corrected chi connectivity index (χ4v) is 4.02. The van der Waals surface area contributed by atoms with E-state index in [0.29, 0.717) is 13.1 Å². The molecule has 4 N–H and O–H groups in total. The van der Waals surface area contributed by atoms with E-state index in [1.807, 2.05) is 50.2 Å². The molecule has 0 spiro atoms. The smallest absolute Gasteiger partial charge is 0.163 e. The third-order valence-corrected chi connectivity index (χ3v) is 5.59. The van der Waals surface area contributed by atoms with E-state index >= 15 is 0 Å². The highest BCUT2D eigenvalue weighted by molar-refractivity contribution is 5.16. The lowest BCUT2D eigenvalue weighted by molar-refractivity contribution is -0.145. The third kappa shape index (κ3) is 7.68. The predicted octanol–water partition coefficient (Wildman–Crippen LogP) is 1.89. The SMILES string of the molecule is CC1(C)O[C@@H](CN[C@H](CO)Cc2ccccc2)[C@H](CN[C@H](CO)Cc2ccccc2)O1. The average molecular weight is 429 g/mol. The first-order chi connectivity index (χ1) is 15.0. The van der Waals surface area contributed by atoms with Crippen LogP contribution in [-0.2, 0) is 22.3 Å². The van der Waals surface area contributed by atoms with Crippen LogP contribution in [-0.4, -0.2) is 66.6 Å². The van der Waals surface area contributed by atoms with Gasteiger partial charge in [-0.05, 0) is 37.8 Å². The van der Waals surface area contributed by atoms with Crippen LogP contribution in [0.3, 0.4) is 0 Å². The number of rotatable bonds is 12. The fourth-order valence-electron chi connectivity index (χ4n) is 4.02. The van der Waals surface area contributed by atoms with Crippen LogP contribution in [0.2, 0.25) is 0 Å². The number of ether oxygens (including phenoxy) is 2. The molecule has 0 aliphatic carbocycles. The Labute approximate surface area is 185 Å². The van der Waals surface area contributed by atoms with E-state index in [9.17, 15) is 10.2 Å². The summed E-state index contributed by atoms with van der Waals surface area (Å²) in [6.45, 7) is 5.10. The van der Waals surface area contributed by atoms with E-state index in [1.54, 1.807) is 0 Å².